The van der Waals surface area contributed by atoms with E-state index < -0.39 is 11.8 Å². The van der Waals surface area contributed by atoms with Crippen LogP contribution in [0.25, 0.3) is 5.69 Å². The molecule has 0 spiro atoms. The van der Waals surface area contributed by atoms with Crippen LogP contribution in [0.4, 0.5) is 15.8 Å². The lowest BCUT2D eigenvalue weighted by Crippen LogP contribution is -2.45. The molecular formula is C18H20FN5O2. The number of carbonyl (C=O) groups excluding carboxylic acids is 1. The molecule has 0 bridgehead atoms. The summed E-state index contributed by atoms with van der Waals surface area (Å²) in [6, 6.07) is 6.60. The van der Waals surface area contributed by atoms with Crippen molar-refractivity contribution in [2.75, 3.05) is 51.0 Å². The minimum Gasteiger partial charge on any atom is -0.464 e. The Kier molecular flexibility index (Phi) is 4.82. The zero-order chi connectivity index (χ0) is 18.8. The number of ether oxygens (including phenoxy) is 1. The van der Waals surface area contributed by atoms with Crippen LogP contribution >= 0.6 is 0 Å². The van der Waals surface area contributed by atoms with E-state index in [1.807, 2.05) is 18.0 Å². The molecule has 0 saturated carbocycles. The number of nitrogens with zero attached hydrogens (tertiary/aromatic N) is 4. The summed E-state index contributed by atoms with van der Waals surface area (Å²) in [5.74, 6) is -1.08. The first-order valence-electron chi connectivity index (χ1n) is 8.19. The van der Waals surface area contributed by atoms with Crippen molar-refractivity contribution in [3.8, 4) is 11.8 Å². The van der Waals surface area contributed by atoms with Gasteiger partial charge in [-0.25, -0.2) is 9.18 Å². The highest BCUT2D eigenvalue weighted by atomic mass is 19.1. The third-order valence-electron chi connectivity index (χ3n) is 4.59. The summed E-state index contributed by atoms with van der Waals surface area (Å²) in [6.07, 6.45) is 1.44. The van der Waals surface area contributed by atoms with Crippen molar-refractivity contribution >= 4 is 17.3 Å². The fourth-order valence-electron chi connectivity index (χ4n) is 3.15. The number of esters is 1. The summed E-state index contributed by atoms with van der Waals surface area (Å²) in [5.41, 5.74) is 6.96. The maximum Gasteiger partial charge on any atom is 0.357 e. The maximum absolute atomic E-state index is 14.7. The van der Waals surface area contributed by atoms with Gasteiger partial charge in [0.2, 0.25) is 0 Å². The highest BCUT2D eigenvalue weighted by Crippen LogP contribution is 2.33. The smallest absolute Gasteiger partial charge is 0.357 e. The minimum atomic E-state index is -0.683. The van der Waals surface area contributed by atoms with E-state index in [0.29, 0.717) is 24.5 Å². The van der Waals surface area contributed by atoms with Crippen LogP contribution in [-0.2, 0) is 4.74 Å². The fraction of sp³-hybridized carbons (Fsp3) is 0.333. The highest BCUT2D eigenvalue weighted by Gasteiger charge is 2.26. The average molecular weight is 357 g/mol. The lowest BCUT2D eigenvalue weighted by molar-refractivity contribution is 0.0593. The molecule has 2 heterocycles. The average Bonchev–Trinajstić information content (AvgIpc) is 2.98. The van der Waals surface area contributed by atoms with Gasteiger partial charge in [0.05, 0.1) is 29.7 Å². The Balaban J connectivity index is 2.18. The number of hydrogen-bond donors (Lipinski definition) is 1. The molecule has 1 aromatic heterocycles. The molecule has 0 amide bonds. The van der Waals surface area contributed by atoms with Gasteiger partial charge in [-0.2, -0.15) is 5.26 Å². The monoisotopic (exact) mass is 357 g/mol. The number of likely N-dealkylation sites (N-methyl/N-ethyl adjacent to an activating group) is 1. The van der Waals surface area contributed by atoms with E-state index in [1.54, 1.807) is 12.1 Å². The maximum atomic E-state index is 14.7. The van der Waals surface area contributed by atoms with E-state index in [2.05, 4.69) is 4.90 Å². The Labute approximate surface area is 151 Å². The van der Waals surface area contributed by atoms with E-state index in [-0.39, 0.29) is 16.9 Å². The molecule has 0 aliphatic carbocycles. The largest absolute Gasteiger partial charge is 0.464 e. The van der Waals surface area contributed by atoms with Crippen molar-refractivity contribution in [1.82, 2.24) is 9.47 Å². The Morgan fingerprint density at radius 3 is 2.62 bits per heavy atom. The lowest BCUT2D eigenvalue weighted by Gasteiger charge is -2.35. The molecule has 2 N–H and O–H groups in total. The molecule has 0 unspecified atom stereocenters. The number of halogens is 1. The van der Waals surface area contributed by atoms with Crippen LogP contribution in [0, 0.1) is 17.1 Å². The number of para-hydroxylation sites is 1. The molecule has 1 aromatic carbocycles. The Hall–Kier alpha value is -3.05. The molecule has 3 rings (SSSR count). The van der Waals surface area contributed by atoms with Crippen LogP contribution in [0.3, 0.4) is 0 Å². The zero-order valence-electron chi connectivity index (χ0n) is 14.7. The summed E-state index contributed by atoms with van der Waals surface area (Å²) in [6.45, 7) is 2.91. The van der Waals surface area contributed by atoms with Gasteiger partial charge < -0.3 is 24.8 Å². The number of carbonyl (C=O) groups is 1. The molecule has 1 aliphatic rings. The second kappa shape index (κ2) is 7.06. The number of rotatable bonds is 3. The van der Waals surface area contributed by atoms with E-state index in [0.717, 1.165) is 13.1 Å². The van der Waals surface area contributed by atoms with Gasteiger partial charge in [-0.15, -0.1) is 0 Å². The number of anilines is 2. The van der Waals surface area contributed by atoms with Crippen molar-refractivity contribution < 1.29 is 13.9 Å². The number of nitrogens with two attached hydrogens (primary N) is 1. The summed E-state index contributed by atoms with van der Waals surface area (Å²) in [4.78, 5) is 16.3. The Morgan fingerprint density at radius 1 is 1.31 bits per heavy atom. The number of hydrogen-bond acceptors (Lipinski definition) is 6. The van der Waals surface area contributed by atoms with E-state index >= 15 is 0 Å². The van der Waals surface area contributed by atoms with Crippen LogP contribution in [0.1, 0.15) is 16.1 Å². The topological polar surface area (TPSA) is 87.5 Å². The molecule has 0 atom stereocenters. The van der Waals surface area contributed by atoms with Gasteiger partial charge in [0, 0.05) is 32.4 Å². The molecular weight excluding hydrogens is 337 g/mol. The molecule has 1 fully saturated rings. The van der Waals surface area contributed by atoms with Crippen LogP contribution in [0.5, 0.6) is 0 Å². The SMILES string of the molecule is COC(=O)c1c(N)c(C#N)cn1-c1cccc(F)c1N1CCN(C)CC1. The lowest BCUT2D eigenvalue weighted by atomic mass is 10.2. The summed E-state index contributed by atoms with van der Waals surface area (Å²) in [5, 5.41) is 9.27. The third kappa shape index (κ3) is 2.97. The fourth-order valence-corrected chi connectivity index (χ4v) is 3.15. The van der Waals surface area contributed by atoms with Crippen LogP contribution in [0.15, 0.2) is 24.4 Å². The summed E-state index contributed by atoms with van der Waals surface area (Å²) < 4.78 is 21.0. The second-order valence-electron chi connectivity index (χ2n) is 6.18. The van der Waals surface area contributed by atoms with Crippen LogP contribution in [-0.4, -0.2) is 55.8 Å². The normalized spacial score (nSPS) is 14.9. The van der Waals surface area contributed by atoms with Gasteiger partial charge in [-0.1, -0.05) is 6.07 Å². The third-order valence-corrected chi connectivity index (χ3v) is 4.59. The first-order valence-corrected chi connectivity index (χ1v) is 8.19. The number of aromatic nitrogens is 1. The van der Waals surface area contributed by atoms with Gasteiger partial charge in [-0.05, 0) is 19.2 Å². The predicted molar refractivity (Wildman–Crippen MR) is 95.9 cm³/mol. The first-order chi connectivity index (χ1) is 12.5. The zero-order valence-corrected chi connectivity index (χ0v) is 14.7. The van der Waals surface area contributed by atoms with Gasteiger partial charge in [0.15, 0.2) is 5.69 Å². The summed E-state index contributed by atoms with van der Waals surface area (Å²) >= 11 is 0. The second-order valence-corrected chi connectivity index (χ2v) is 6.18. The Morgan fingerprint density at radius 2 is 2.00 bits per heavy atom. The van der Waals surface area contributed by atoms with Crippen LogP contribution in [0.2, 0.25) is 0 Å². The standard InChI is InChI=1S/C18H20FN5O2/c1-22-6-8-23(9-7-22)16-13(19)4-3-5-14(16)24-11-12(10-20)15(21)17(24)18(25)26-2/h3-5,11H,6-9,21H2,1-2H3. The molecule has 7 nitrogen and oxygen atoms in total. The van der Waals surface area contributed by atoms with Crippen molar-refractivity contribution in [2.24, 2.45) is 0 Å². The molecule has 26 heavy (non-hydrogen) atoms. The molecule has 1 saturated heterocycles. The first kappa shape index (κ1) is 17.8. The van der Waals surface area contributed by atoms with Gasteiger partial charge in [0.25, 0.3) is 0 Å². The van der Waals surface area contributed by atoms with E-state index in [1.165, 1.54) is 23.9 Å². The van der Waals surface area contributed by atoms with Crippen molar-refractivity contribution in [2.45, 2.75) is 0 Å². The quantitative estimate of drug-likeness (QED) is 0.840. The number of nitrogen functional groups attached to an aromatic ring is 1. The van der Waals surface area contributed by atoms with Crippen LogP contribution < -0.4 is 10.6 Å². The van der Waals surface area contributed by atoms with Crippen molar-refractivity contribution in [3.05, 3.63) is 41.5 Å². The van der Waals surface area contributed by atoms with E-state index in [9.17, 15) is 14.4 Å². The molecule has 0 radical (unpaired) electrons. The molecule has 136 valence electrons. The molecule has 2 aromatic rings. The van der Waals surface area contributed by atoms with E-state index in [4.69, 9.17) is 10.5 Å². The van der Waals surface area contributed by atoms with Gasteiger partial charge in [-0.3, -0.25) is 0 Å². The van der Waals surface area contributed by atoms with Gasteiger partial charge >= 0.3 is 5.97 Å². The summed E-state index contributed by atoms with van der Waals surface area (Å²) in [7, 11) is 3.25. The van der Waals surface area contributed by atoms with Crippen molar-refractivity contribution in [3.63, 3.8) is 0 Å². The number of benzene rings is 1. The molecule has 8 heteroatoms. The van der Waals surface area contributed by atoms with Gasteiger partial charge in [0.1, 0.15) is 11.9 Å². The molecule has 1 aliphatic heterocycles. The number of piperazine rings is 1. The minimum absolute atomic E-state index is 0.0185. The highest BCUT2D eigenvalue weighted by molar-refractivity contribution is 5.96. The number of methoxy groups -OCH3 is 1. The van der Waals surface area contributed by atoms with Crippen molar-refractivity contribution in [1.29, 1.82) is 5.26 Å². The Bertz CT molecular complexity index is 878. The number of nitriles is 1. The predicted octanol–water partition coefficient (Wildman–Crippen LogP) is 1.61.